The van der Waals surface area contributed by atoms with E-state index in [-0.39, 0.29) is 18.6 Å². The molecule has 0 saturated carbocycles. The van der Waals surface area contributed by atoms with E-state index in [9.17, 15) is 10.1 Å². The first-order chi connectivity index (χ1) is 9.58. The SMILES string of the molecule is CC(C)[C@@](C#N)(CC[C@@H]1COC(=O)O1)c1ccccc1. The summed E-state index contributed by atoms with van der Waals surface area (Å²) in [6.45, 7) is 4.38. The Hall–Kier alpha value is -2.02. The van der Waals surface area contributed by atoms with E-state index in [0.717, 1.165) is 5.56 Å². The fourth-order valence-electron chi connectivity index (χ4n) is 2.65. The summed E-state index contributed by atoms with van der Waals surface area (Å²) >= 11 is 0. The van der Waals surface area contributed by atoms with Crippen LogP contribution in [0.25, 0.3) is 0 Å². The summed E-state index contributed by atoms with van der Waals surface area (Å²) < 4.78 is 9.83. The lowest BCUT2D eigenvalue weighted by atomic mass is 9.69. The number of nitrogens with zero attached hydrogens (tertiary/aromatic N) is 1. The molecular weight excluding hydrogens is 254 g/mol. The van der Waals surface area contributed by atoms with E-state index in [1.54, 1.807) is 0 Å². The number of rotatable bonds is 5. The van der Waals surface area contributed by atoms with Gasteiger partial charge in [-0.15, -0.1) is 0 Å². The molecule has 0 amide bonds. The molecule has 0 bridgehead atoms. The molecule has 1 aliphatic heterocycles. The largest absolute Gasteiger partial charge is 0.508 e. The van der Waals surface area contributed by atoms with Gasteiger partial charge >= 0.3 is 6.16 Å². The van der Waals surface area contributed by atoms with E-state index in [4.69, 9.17) is 9.47 Å². The Morgan fingerprint density at radius 1 is 1.40 bits per heavy atom. The van der Waals surface area contributed by atoms with Crippen molar-refractivity contribution in [3.63, 3.8) is 0 Å². The zero-order valence-corrected chi connectivity index (χ0v) is 11.8. The van der Waals surface area contributed by atoms with Crippen LogP contribution in [0.15, 0.2) is 30.3 Å². The van der Waals surface area contributed by atoms with Crippen LogP contribution in [-0.4, -0.2) is 18.9 Å². The molecule has 1 heterocycles. The van der Waals surface area contributed by atoms with Gasteiger partial charge in [0, 0.05) is 0 Å². The third kappa shape index (κ3) is 2.77. The molecule has 4 nitrogen and oxygen atoms in total. The minimum Gasteiger partial charge on any atom is -0.430 e. The van der Waals surface area contributed by atoms with Crippen molar-refractivity contribution in [2.45, 2.75) is 38.2 Å². The minimum atomic E-state index is -0.609. The van der Waals surface area contributed by atoms with Gasteiger partial charge in [0.2, 0.25) is 0 Å². The van der Waals surface area contributed by atoms with Crippen molar-refractivity contribution >= 4 is 6.16 Å². The summed E-state index contributed by atoms with van der Waals surface area (Å²) in [6.07, 6.45) is 0.429. The van der Waals surface area contributed by atoms with Gasteiger partial charge in [-0.1, -0.05) is 44.2 Å². The van der Waals surface area contributed by atoms with E-state index >= 15 is 0 Å². The quantitative estimate of drug-likeness (QED) is 0.771. The van der Waals surface area contributed by atoms with Gasteiger partial charge in [-0.2, -0.15) is 5.26 Å². The summed E-state index contributed by atoms with van der Waals surface area (Å²) in [5.74, 6) is 0.174. The lowest BCUT2D eigenvalue weighted by Crippen LogP contribution is -2.32. The zero-order valence-electron chi connectivity index (χ0n) is 11.8. The second kappa shape index (κ2) is 5.96. The molecule has 1 aromatic carbocycles. The van der Waals surface area contributed by atoms with Crippen molar-refractivity contribution in [3.05, 3.63) is 35.9 Å². The highest BCUT2D eigenvalue weighted by molar-refractivity contribution is 5.61. The average Bonchev–Trinajstić information content (AvgIpc) is 2.87. The lowest BCUT2D eigenvalue weighted by molar-refractivity contribution is 0.113. The zero-order chi connectivity index (χ0) is 14.6. The highest BCUT2D eigenvalue weighted by Crippen LogP contribution is 2.37. The van der Waals surface area contributed by atoms with Crippen LogP contribution >= 0.6 is 0 Å². The Labute approximate surface area is 119 Å². The molecular formula is C16H19NO3. The summed E-state index contributed by atoms with van der Waals surface area (Å²) in [5.41, 5.74) is 0.457. The minimum absolute atomic E-state index is 0.174. The Morgan fingerprint density at radius 3 is 2.60 bits per heavy atom. The Bertz CT molecular complexity index is 506. The molecule has 0 N–H and O–H groups in total. The number of ether oxygens (including phenoxy) is 2. The maximum Gasteiger partial charge on any atom is 0.508 e. The molecule has 0 spiro atoms. The standard InChI is InChI=1S/C16H19NO3/c1-12(2)16(11-17,13-6-4-3-5-7-13)9-8-14-10-19-15(18)20-14/h3-7,12,14H,8-10H2,1-2H3/t14-,16+/m1/s1. The topological polar surface area (TPSA) is 59.3 Å². The van der Waals surface area contributed by atoms with Crippen LogP contribution in [0.2, 0.25) is 0 Å². The number of nitriles is 1. The molecule has 0 unspecified atom stereocenters. The summed E-state index contributed by atoms with van der Waals surface area (Å²) in [5, 5.41) is 9.74. The number of carbonyl (C=O) groups excluding carboxylic acids is 1. The van der Waals surface area contributed by atoms with Gasteiger partial charge in [-0.25, -0.2) is 4.79 Å². The predicted molar refractivity (Wildman–Crippen MR) is 74.0 cm³/mol. The van der Waals surface area contributed by atoms with Crippen LogP contribution in [0.4, 0.5) is 4.79 Å². The van der Waals surface area contributed by atoms with Gasteiger partial charge < -0.3 is 9.47 Å². The van der Waals surface area contributed by atoms with Crippen LogP contribution in [0.5, 0.6) is 0 Å². The maximum atomic E-state index is 10.9. The van der Waals surface area contributed by atoms with Crippen LogP contribution in [-0.2, 0) is 14.9 Å². The smallest absolute Gasteiger partial charge is 0.430 e. The monoisotopic (exact) mass is 273 g/mol. The molecule has 1 saturated heterocycles. The number of hydrogen-bond acceptors (Lipinski definition) is 4. The van der Waals surface area contributed by atoms with Gasteiger partial charge in [0.25, 0.3) is 0 Å². The molecule has 1 aliphatic rings. The molecule has 1 aromatic rings. The maximum absolute atomic E-state index is 10.9. The Morgan fingerprint density at radius 2 is 2.10 bits per heavy atom. The second-order valence-corrected chi connectivity index (χ2v) is 5.44. The third-order valence-electron chi connectivity index (χ3n) is 3.98. The molecule has 1 fully saturated rings. The summed E-state index contributed by atoms with van der Waals surface area (Å²) in [4.78, 5) is 10.9. The van der Waals surface area contributed by atoms with Crippen LogP contribution in [0, 0.1) is 17.2 Å². The van der Waals surface area contributed by atoms with Gasteiger partial charge in [-0.05, 0) is 24.3 Å². The van der Waals surface area contributed by atoms with Gasteiger partial charge in [0.15, 0.2) is 0 Å². The van der Waals surface area contributed by atoms with Gasteiger partial charge in [0.1, 0.15) is 12.7 Å². The van der Waals surface area contributed by atoms with Crippen LogP contribution < -0.4 is 0 Å². The third-order valence-corrected chi connectivity index (χ3v) is 3.98. The van der Waals surface area contributed by atoms with Crippen molar-refractivity contribution < 1.29 is 14.3 Å². The molecule has 2 rings (SSSR count). The fraction of sp³-hybridized carbons (Fsp3) is 0.500. The molecule has 0 aromatic heterocycles. The predicted octanol–water partition coefficient (Wildman–Crippen LogP) is 3.42. The van der Waals surface area contributed by atoms with Crippen molar-refractivity contribution in [2.75, 3.05) is 6.61 Å². The summed E-state index contributed by atoms with van der Waals surface area (Å²) in [6, 6.07) is 12.3. The van der Waals surface area contributed by atoms with E-state index in [2.05, 4.69) is 6.07 Å². The Kier molecular flexibility index (Phi) is 4.29. The van der Waals surface area contributed by atoms with E-state index in [1.165, 1.54) is 0 Å². The molecule has 106 valence electrons. The number of cyclic esters (lactones) is 2. The first-order valence-electron chi connectivity index (χ1n) is 6.88. The van der Waals surface area contributed by atoms with Crippen molar-refractivity contribution in [3.8, 4) is 6.07 Å². The summed E-state index contributed by atoms with van der Waals surface area (Å²) in [7, 11) is 0. The fourth-order valence-corrected chi connectivity index (χ4v) is 2.65. The van der Waals surface area contributed by atoms with Gasteiger partial charge in [0.05, 0.1) is 11.5 Å². The molecule has 0 aliphatic carbocycles. The van der Waals surface area contributed by atoms with E-state index in [1.807, 2.05) is 44.2 Å². The molecule has 20 heavy (non-hydrogen) atoms. The van der Waals surface area contributed by atoms with Crippen LogP contribution in [0.1, 0.15) is 32.3 Å². The van der Waals surface area contributed by atoms with E-state index < -0.39 is 11.6 Å². The first-order valence-corrected chi connectivity index (χ1v) is 6.88. The van der Waals surface area contributed by atoms with Crippen molar-refractivity contribution in [2.24, 2.45) is 5.92 Å². The highest BCUT2D eigenvalue weighted by atomic mass is 16.8. The number of carbonyl (C=O) groups is 1. The Balaban J connectivity index is 2.16. The lowest BCUT2D eigenvalue weighted by Gasteiger charge is -2.31. The van der Waals surface area contributed by atoms with Crippen molar-refractivity contribution in [1.82, 2.24) is 0 Å². The number of benzene rings is 1. The average molecular weight is 273 g/mol. The molecule has 2 atom stereocenters. The van der Waals surface area contributed by atoms with Crippen molar-refractivity contribution in [1.29, 1.82) is 5.26 Å². The van der Waals surface area contributed by atoms with Gasteiger partial charge in [-0.3, -0.25) is 0 Å². The molecule has 0 radical (unpaired) electrons. The second-order valence-electron chi connectivity index (χ2n) is 5.44. The normalized spacial score (nSPS) is 20.9. The van der Waals surface area contributed by atoms with E-state index in [0.29, 0.717) is 12.8 Å². The molecule has 4 heteroatoms. The first kappa shape index (κ1) is 14.4. The number of hydrogen-bond donors (Lipinski definition) is 0. The highest BCUT2D eigenvalue weighted by Gasteiger charge is 2.37. The van der Waals surface area contributed by atoms with Crippen LogP contribution in [0.3, 0.4) is 0 Å².